The molecule has 8 heteroatoms. The fourth-order valence-corrected chi connectivity index (χ4v) is 5.09. The maximum atomic E-state index is 12.4. The van der Waals surface area contributed by atoms with E-state index in [4.69, 9.17) is 0 Å². The molecule has 2 aromatic carbocycles. The van der Waals surface area contributed by atoms with Crippen LogP contribution < -0.4 is 5.43 Å². The molecule has 6 nitrogen and oxygen atoms in total. The summed E-state index contributed by atoms with van der Waals surface area (Å²) >= 11 is 4.84. The van der Waals surface area contributed by atoms with Gasteiger partial charge in [0.1, 0.15) is 0 Å². The molecule has 1 aliphatic rings. The number of carbonyl (C=O) groups is 1. The lowest BCUT2D eigenvalue weighted by Crippen LogP contribution is -2.20. The quantitative estimate of drug-likeness (QED) is 0.248. The summed E-state index contributed by atoms with van der Waals surface area (Å²) in [5.41, 5.74) is 5.78. The van der Waals surface area contributed by atoms with Gasteiger partial charge in [-0.3, -0.25) is 9.36 Å². The first kappa shape index (κ1) is 22.7. The van der Waals surface area contributed by atoms with Crippen molar-refractivity contribution in [2.24, 2.45) is 5.10 Å². The van der Waals surface area contributed by atoms with Crippen LogP contribution in [-0.4, -0.2) is 32.6 Å². The minimum absolute atomic E-state index is 0.170. The van der Waals surface area contributed by atoms with Crippen LogP contribution in [0.4, 0.5) is 0 Å². The Morgan fingerprint density at radius 3 is 2.72 bits per heavy atom. The zero-order chi connectivity index (χ0) is 22.3. The maximum Gasteiger partial charge on any atom is 0.250 e. The van der Waals surface area contributed by atoms with Crippen molar-refractivity contribution in [1.82, 2.24) is 20.2 Å². The third-order valence-corrected chi connectivity index (χ3v) is 6.93. The lowest BCUT2D eigenvalue weighted by Gasteiger charge is -2.25. The molecule has 0 unspecified atom stereocenters. The fourth-order valence-electron chi connectivity index (χ4n) is 3.87. The van der Waals surface area contributed by atoms with Gasteiger partial charge in [-0.25, -0.2) is 5.43 Å². The van der Waals surface area contributed by atoms with E-state index in [1.807, 2.05) is 24.3 Å². The topological polar surface area (TPSA) is 72.2 Å². The molecule has 0 spiro atoms. The predicted octanol–water partition coefficient (Wildman–Crippen LogP) is 5.76. The molecular formula is C24H26BrN5OS. The van der Waals surface area contributed by atoms with E-state index in [1.54, 1.807) is 6.21 Å². The number of thioether (sulfide) groups is 1. The van der Waals surface area contributed by atoms with Crippen LogP contribution in [0.2, 0.25) is 0 Å². The SMILES string of the molecule is Cc1ccc(-c2nnc(SCC(=O)NN=Cc3cccc(Br)c3)n2C2CCCCC2)cc1. The van der Waals surface area contributed by atoms with Crippen LogP contribution in [-0.2, 0) is 4.79 Å². The van der Waals surface area contributed by atoms with E-state index in [0.29, 0.717) is 6.04 Å². The van der Waals surface area contributed by atoms with Crippen molar-refractivity contribution in [2.45, 2.75) is 50.2 Å². The second kappa shape index (κ2) is 10.9. The van der Waals surface area contributed by atoms with Crippen LogP contribution in [0.5, 0.6) is 0 Å². The Balaban J connectivity index is 1.45. The highest BCUT2D eigenvalue weighted by Gasteiger charge is 2.24. The summed E-state index contributed by atoms with van der Waals surface area (Å²) in [6, 6.07) is 16.5. The van der Waals surface area contributed by atoms with E-state index in [0.717, 1.165) is 39.4 Å². The van der Waals surface area contributed by atoms with Crippen molar-refractivity contribution in [3.63, 3.8) is 0 Å². The molecule has 166 valence electrons. The molecule has 1 aromatic heterocycles. The van der Waals surface area contributed by atoms with Crippen LogP contribution in [0.3, 0.4) is 0 Å². The number of nitrogens with one attached hydrogen (secondary N) is 1. The summed E-state index contributed by atoms with van der Waals surface area (Å²) in [7, 11) is 0. The molecular weight excluding hydrogens is 486 g/mol. The molecule has 0 radical (unpaired) electrons. The average Bonchev–Trinajstić information content (AvgIpc) is 3.23. The number of hydrogen-bond donors (Lipinski definition) is 1. The van der Waals surface area contributed by atoms with Gasteiger partial charge in [-0.05, 0) is 37.5 Å². The molecule has 1 amide bonds. The normalized spacial score (nSPS) is 14.7. The van der Waals surface area contributed by atoms with Gasteiger partial charge in [0, 0.05) is 16.1 Å². The first-order valence-electron chi connectivity index (χ1n) is 10.8. The molecule has 1 saturated carbocycles. The second-order valence-corrected chi connectivity index (χ2v) is 9.83. The number of amides is 1. The molecule has 0 saturated heterocycles. The zero-order valence-electron chi connectivity index (χ0n) is 18.0. The molecule has 1 N–H and O–H groups in total. The second-order valence-electron chi connectivity index (χ2n) is 7.97. The number of aryl methyl sites for hydroxylation is 1. The van der Waals surface area contributed by atoms with Crippen LogP contribution in [0, 0.1) is 6.92 Å². The largest absolute Gasteiger partial charge is 0.299 e. The minimum Gasteiger partial charge on any atom is -0.299 e. The summed E-state index contributed by atoms with van der Waals surface area (Å²) in [5.74, 6) is 0.943. The average molecular weight is 512 g/mol. The highest BCUT2D eigenvalue weighted by molar-refractivity contribution is 9.10. The van der Waals surface area contributed by atoms with Crippen LogP contribution in [0.1, 0.15) is 49.3 Å². The summed E-state index contributed by atoms with van der Waals surface area (Å²) in [5, 5.41) is 13.8. The van der Waals surface area contributed by atoms with Crippen molar-refractivity contribution in [3.8, 4) is 11.4 Å². The van der Waals surface area contributed by atoms with E-state index < -0.39 is 0 Å². The third kappa shape index (κ3) is 5.86. The number of hydrogen-bond acceptors (Lipinski definition) is 5. The molecule has 0 bridgehead atoms. The number of hydrazone groups is 1. The van der Waals surface area contributed by atoms with Gasteiger partial charge in [-0.2, -0.15) is 5.10 Å². The highest BCUT2D eigenvalue weighted by Crippen LogP contribution is 2.35. The van der Waals surface area contributed by atoms with Gasteiger partial charge in [0.05, 0.1) is 12.0 Å². The third-order valence-electron chi connectivity index (χ3n) is 5.50. The summed E-state index contributed by atoms with van der Waals surface area (Å²) in [4.78, 5) is 12.4. The van der Waals surface area contributed by atoms with Crippen LogP contribution in [0.25, 0.3) is 11.4 Å². The summed E-state index contributed by atoms with van der Waals surface area (Å²) < 4.78 is 3.21. The van der Waals surface area contributed by atoms with Crippen molar-refractivity contribution in [1.29, 1.82) is 0 Å². The van der Waals surface area contributed by atoms with Gasteiger partial charge in [-0.1, -0.05) is 88.9 Å². The van der Waals surface area contributed by atoms with Crippen molar-refractivity contribution >= 4 is 39.8 Å². The first-order chi connectivity index (χ1) is 15.6. The summed E-state index contributed by atoms with van der Waals surface area (Å²) in [6.07, 6.45) is 7.57. The predicted molar refractivity (Wildman–Crippen MR) is 133 cm³/mol. The minimum atomic E-state index is -0.170. The van der Waals surface area contributed by atoms with E-state index in [9.17, 15) is 4.79 Å². The fraction of sp³-hybridized carbons (Fsp3) is 0.333. The van der Waals surface area contributed by atoms with Gasteiger partial charge in [-0.15, -0.1) is 10.2 Å². The molecule has 3 aromatic rings. The van der Waals surface area contributed by atoms with E-state index in [1.165, 1.54) is 36.6 Å². The molecule has 1 aliphatic carbocycles. The van der Waals surface area contributed by atoms with E-state index >= 15 is 0 Å². The van der Waals surface area contributed by atoms with Gasteiger partial charge in [0.2, 0.25) is 0 Å². The lowest BCUT2D eigenvalue weighted by atomic mass is 9.95. The smallest absolute Gasteiger partial charge is 0.250 e. The number of halogens is 1. The Bertz CT molecular complexity index is 1090. The first-order valence-corrected chi connectivity index (χ1v) is 12.6. The Labute approximate surface area is 201 Å². The van der Waals surface area contributed by atoms with Gasteiger partial charge in [0.25, 0.3) is 5.91 Å². The number of benzene rings is 2. The van der Waals surface area contributed by atoms with E-state index in [-0.39, 0.29) is 11.7 Å². The lowest BCUT2D eigenvalue weighted by molar-refractivity contribution is -0.118. The standard InChI is InChI=1S/C24H26BrN5OS/c1-17-10-12-19(13-11-17)23-28-29-24(30(23)21-8-3-2-4-9-21)32-16-22(31)27-26-15-18-6-5-7-20(25)14-18/h5-7,10-15,21H,2-4,8-9,16H2,1H3,(H,27,31). The van der Waals surface area contributed by atoms with Gasteiger partial charge >= 0.3 is 0 Å². The van der Waals surface area contributed by atoms with Crippen LogP contribution >= 0.6 is 27.7 Å². The number of aromatic nitrogens is 3. The molecule has 4 rings (SSSR count). The number of rotatable bonds is 7. The Morgan fingerprint density at radius 2 is 1.97 bits per heavy atom. The number of carbonyl (C=O) groups excluding carboxylic acids is 1. The number of nitrogens with zero attached hydrogens (tertiary/aromatic N) is 4. The van der Waals surface area contributed by atoms with Crippen LogP contribution in [0.15, 0.2) is 63.3 Å². The van der Waals surface area contributed by atoms with Gasteiger partial charge in [0.15, 0.2) is 11.0 Å². The Kier molecular flexibility index (Phi) is 7.76. The van der Waals surface area contributed by atoms with E-state index in [2.05, 4.69) is 72.4 Å². The molecule has 0 aliphatic heterocycles. The summed E-state index contributed by atoms with van der Waals surface area (Å²) in [6.45, 7) is 2.08. The van der Waals surface area contributed by atoms with Crippen molar-refractivity contribution in [2.75, 3.05) is 5.75 Å². The van der Waals surface area contributed by atoms with Gasteiger partial charge < -0.3 is 0 Å². The molecule has 1 fully saturated rings. The molecule has 1 heterocycles. The Hall–Kier alpha value is -2.45. The Morgan fingerprint density at radius 1 is 1.19 bits per heavy atom. The molecule has 32 heavy (non-hydrogen) atoms. The highest BCUT2D eigenvalue weighted by atomic mass is 79.9. The monoisotopic (exact) mass is 511 g/mol. The van der Waals surface area contributed by atoms with Crippen molar-refractivity contribution < 1.29 is 4.79 Å². The zero-order valence-corrected chi connectivity index (χ0v) is 20.4. The molecule has 0 atom stereocenters. The van der Waals surface area contributed by atoms with Crippen molar-refractivity contribution in [3.05, 3.63) is 64.1 Å². The maximum absolute atomic E-state index is 12.4.